The summed E-state index contributed by atoms with van der Waals surface area (Å²) in [7, 11) is 0. The lowest BCUT2D eigenvalue weighted by atomic mass is 9.94. The normalized spacial score (nSPS) is 19.4. The fraction of sp³-hybridized carbons (Fsp3) is 0.524. The van der Waals surface area contributed by atoms with Gasteiger partial charge in [-0.25, -0.2) is 17.6 Å². The van der Waals surface area contributed by atoms with Gasteiger partial charge in [0.25, 0.3) is 0 Å². The Hall–Kier alpha value is -2.16. The number of hydrogen-bond donors (Lipinski definition) is 1. The molecule has 0 spiro atoms. The highest BCUT2D eigenvalue weighted by atomic mass is 32.1. The zero-order chi connectivity index (χ0) is 21.6. The van der Waals surface area contributed by atoms with E-state index in [1.165, 1.54) is 0 Å². The molecule has 0 radical (unpaired) electrons. The summed E-state index contributed by atoms with van der Waals surface area (Å²) in [5.41, 5.74) is 0.877. The van der Waals surface area contributed by atoms with E-state index in [1.807, 2.05) is 4.90 Å². The van der Waals surface area contributed by atoms with Crippen molar-refractivity contribution in [3.05, 3.63) is 51.1 Å². The number of rotatable bonds is 4. The molecular weight excluding hydrogens is 418 g/mol. The lowest BCUT2D eigenvalue weighted by Crippen LogP contribution is -2.38. The topological polar surface area (TPSA) is 41.0 Å². The molecule has 1 fully saturated rings. The summed E-state index contributed by atoms with van der Waals surface area (Å²) in [4.78, 5) is 17.5. The molecule has 4 nitrogen and oxygen atoms in total. The maximum Gasteiger partial charge on any atom is 0.222 e. The quantitative estimate of drug-likeness (QED) is 0.427. The monoisotopic (exact) mass is 441 g/mol. The number of hydrogen-bond acceptors (Lipinski definition) is 2. The molecule has 162 valence electrons. The van der Waals surface area contributed by atoms with Gasteiger partial charge in [0.2, 0.25) is 5.91 Å². The highest BCUT2D eigenvalue weighted by Gasteiger charge is 2.33. The molecule has 3 heterocycles. The van der Waals surface area contributed by atoms with Crippen molar-refractivity contribution in [2.24, 2.45) is 5.92 Å². The number of carbonyl (C=O) groups is 1. The number of amides is 1. The van der Waals surface area contributed by atoms with E-state index in [0.29, 0.717) is 23.5 Å². The molecule has 4 rings (SSSR count). The van der Waals surface area contributed by atoms with E-state index in [-0.39, 0.29) is 24.9 Å². The molecular formula is C21H23F4N3OS. The van der Waals surface area contributed by atoms with Crippen LogP contribution in [0.15, 0.2) is 6.07 Å². The van der Waals surface area contributed by atoms with Gasteiger partial charge in [-0.1, -0.05) is 6.92 Å². The molecule has 1 unspecified atom stereocenters. The van der Waals surface area contributed by atoms with E-state index in [9.17, 15) is 22.4 Å². The number of aromatic nitrogens is 2. The number of benzene rings is 1. The number of nitrogens with one attached hydrogen (secondary N) is 1. The lowest BCUT2D eigenvalue weighted by molar-refractivity contribution is -0.132. The van der Waals surface area contributed by atoms with Crippen LogP contribution >= 0.6 is 12.2 Å². The number of likely N-dealkylation sites (tertiary alicyclic amines) is 1. The van der Waals surface area contributed by atoms with Gasteiger partial charge in [0, 0.05) is 55.0 Å². The van der Waals surface area contributed by atoms with Crippen molar-refractivity contribution in [3.63, 3.8) is 0 Å². The summed E-state index contributed by atoms with van der Waals surface area (Å²) in [6.45, 7) is 3.82. The molecule has 2 aliphatic rings. The molecule has 1 amide bonds. The van der Waals surface area contributed by atoms with Crippen molar-refractivity contribution in [1.82, 2.24) is 14.5 Å². The van der Waals surface area contributed by atoms with Gasteiger partial charge >= 0.3 is 0 Å². The Morgan fingerprint density at radius 1 is 1.17 bits per heavy atom. The first-order valence-electron chi connectivity index (χ1n) is 10.2. The summed E-state index contributed by atoms with van der Waals surface area (Å²) in [5, 5.41) is 0. The fourth-order valence-corrected chi connectivity index (χ4v) is 4.81. The first kappa shape index (κ1) is 21.1. The summed E-state index contributed by atoms with van der Waals surface area (Å²) in [5.74, 6) is -5.62. The number of fused-ring (bicyclic) bond motifs is 1. The molecule has 2 aliphatic heterocycles. The van der Waals surface area contributed by atoms with Crippen LogP contribution in [-0.2, 0) is 24.2 Å². The first-order valence-corrected chi connectivity index (χ1v) is 10.6. The third kappa shape index (κ3) is 3.79. The highest BCUT2D eigenvalue weighted by Crippen LogP contribution is 2.36. The minimum atomic E-state index is -1.41. The average molecular weight is 441 g/mol. The van der Waals surface area contributed by atoms with Crippen LogP contribution in [0.1, 0.15) is 49.1 Å². The van der Waals surface area contributed by atoms with Gasteiger partial charge < -0.3 is 14.5 Å². The SMILES string of the molecule is CC1CCN(C(=O)CCc2[nH]c(=S)n3c2CC(c2c(F)c(F)cc(F)c2F)C3)CC1. The molecule has 9 heteroatoms. The Labute approximate surface area is 176 Å². The van der Waals surface area contributed by atoms with E-state index in [2.05, 4.69) is 11.9 Å². The van der Waals surface area contributed by atoms with Gasteiger partial charge in [-0.3, -0.25) is 4.79 Å². The standard InChI is InChI=1S/C21H23F4N3OS/c1-11-4-6-27(7-5-11)17(29)3-2-15-16-8-12(10-28(16)21(30)26-15)18-19(24)13(22)9-14(23)20(18)25/h9,11-12H,2-8,10H2,1H3,(H,26,30). The zero-order valence-electron chi connectivity index (χ0n) is 16.6. The van der Waals surface area contributed by atoms with Gasteiger partial charge in [0.15, 0.2) is 28.0 Å². The summed E-state index contributed by atoms with van der Waals surface area (Å²) >= 11 is 5.31. The molecule has 0 saturated carbocycles. The largest absolute Gasteiger partial charge is 0.343 e. The van der Waals surface area contributed by atoms with Crippen molar-refractivity contribution in [2.75, 3.05) is 13.1 Å². The average Bonchev–Trinajstić information content (AvgIpc) is 3.26. The molecule has 1 saturated heterocycles. The second-order valence-corrected chi connectivity index (χ2v) is 8.70. The molecule has 1 N–H and O–H groups in total. The number of piperidine rings is 1. The van der Waals surface area contributed by atoms with Crippen LogP contribution < -0.4 is 0 Å². The molecule has 0 aliphatic carbocycles. The maximum atomic E-state index is 14.2. The van der Waals surface area contributed by atoms with Crippen LogP contribution in [0.25, 0.3) is 0 Å². The van der Waals surface area contributed by atoms with E-state index in [4.69, 9.17) is 12.2 Å². The minimum Gasteiger partial charge on any atom is -0.343 e. The molecule has 30 heavy (non-hydrogen) atoms. The van der Waals surface area contributed by atoms with Crippen LogP contribution in [0.4, 0.5) is 17.6 Å². The van der Waals surface area contributed by atoms with Crippen molar-refractivity contribution in [1.29, 1.82) is 0 Å². The fourth-order valence-electron chi connectivity index (χ4n) is 4.50. The van der Waals surface area contributed by atoms with Crippen molar-refractivity contribution >= 4 is 18.1 Å². The van der Waals surface area contributed by atoms with Crippen LogP contribution in [0.3, 0.4) is 0 Å². The Kier molecular flexibility index (Phi) is 5.74. The van der Waals surface area contributed by atoms with Crippen molar-refractivity contribution < 1.29 is 22.4 Å². The Morgan fingerprint density at radius 2 is 1.80 bits per heavy atom. The first-order chi connectivity index (χ1) is 14.3. The van der Waals surface area contributed by atoms with Crippen LogP contribution in [0.5, 0.6) is 0 Å². The highest BCUT2D eigenvalue weighted by molar-refractivity contribution is 7.71. The molecule has 2 aromatic rings. The lowest BCUT2D eigenvalue weighted by Gasteiger charge is -2.30. The third-order valence-corrected chi connectivity index (χ3v) is 6.62. The van der Waals surface area contributed by atoms with Gasteiger partial charge in [-0.05, 0) is 43.8 Å². The van der Waals surface area contributed by atoms with E-state index in [0.717, 1.165) is 37.3 Å². The van der Waals surface area contributed by atoms with Gasteiger partial charge in [-0.2, -0.15) is 0 Å². The third-order valence-electron chi connectivity index (χ3n) is 6.30. The Morgan fingerprint density at radius 3 is 2.43 bits per heavy atom. The summed E-state index contributed by atoms with van der Waals surface area (Å²) < 4.78 is 57.8. The number of H-pyrrole nitrogens is 1. The van der Waals surface area contributed by atoms with E-state index < -0.39 is 34.8 Å². The summed E-state index contributed by atoms with van der Waals surface area (Å²) in [6.07, 6.45) is 2.91. The molecule has 0 bridgehead atoms. The second-order valence-electron chi connectivity index (χ2n) is 8.31. The van der Waals surface area contributed by atoms with Crippen LogP contribution in [-0.4, -0.2) is 33.4 Å². The van der Waals surface area contributed by atoms with Crippen molar-refractivity contribution in [3.8, 4) is 0 Å². The Bertz CT molecular complexity index is 1010. The zero-order valence-corrected chi connectivity index (χ0v) is 17.4. The number of carbonyl (C=O) groups excluding carboxylic acids is 1. The van der Waals surface area contributed by atoms with E-state index >= 15 is 0 Å². The number of halogens is 4. The predicted molar refractivity (Wildman–Crippen MR) is 106 cm³/mol. The number of aromatic amines is 1. The number of aryl methyl sites for hydroxylation is 1. The Balaban J connectivity index is 1.50. The smallest absolute Gasteiger partial charge is 0.222 e. The van der Waals surface area contributed by atoms with Crippen LogP contribution in [0.2, 0.25) is 0 Å². The minimum absolute atomic E-state index is 0.0694. The molecule has 1 aromatic heterocycles. The summed E-state index contributed by atoms with van der Waals surface area (Å²) in [6, 6.07) is 0.216. The molecule has 1 atom stereocenters. The van der Waals surface area contributed by atoms with Gasteiger partial charge in [0.05, 0.1) is 0 Å². The molecule has 1 aromatic carbocycles. The predicted octanol–water partition coefficient (Wildman–Crippen LogP) is 4.63. The van der Waals surface area contributed by atoms with Crippen LogP contribution in [0, 0.1) is 34.0 Å². The van der Waals surface area contributed by atoms with Gasteiger partial charge in [0.1, 0.15) is 0 Å². The van der Waals surface area contributed by atoms with E-state index in [1.54, 1.807) is 4.57 Å². The van der Waals surface area contributed by atoms with Crippen molar-refractivity contribution in [2.45, 2.75) is 51.5 Å². The van der Waals surface area contributed by atoms with Gasteiger partial charge in [-0.15, -0.1) is 0 Å². The number of imidazole rings is 1. The maximum absolute atomic E-state index is 14.2. The number of nitrogens with zero attached hydrogens (tertiary/aromatic N) is 2. The second kappa shape index (κ2) is 8.17.